The summed E-state index contributed by atoms with van der Waals surface area (Å²) in [7, 11) is 0. The lowest BCUT2D eigenvalue weighted by Crippen LogP contribution is -2.28. The maximum atomic E-state index is 12.8. The molecule has 3 heterocycles. The zero-order valence-corrected chi connectivity index (χ0v) is 15.9. The molecule has 4 aromatic rings. The summed E-state index contributed by atoms with van der Waals surface area (Å²) in [5, 5.41) is 8.73. The number of nitrogens with zero attached hydrogens (tertiary/aromatic N) is 4. The minimum Gasteiger partial charge on any atom is -0.355 e. The molecule has 3 aromatic heterocycles. The SMILES string of the molecule is C[C@H](c1cc(=O)[nH]c(NCCc2ccccn2)n1)n1ncc2ccccc2c1=O. The van der Waals surface area contributed by atoms with Gasteiger partial charge in [0.1, 0.15) is 0 Å². The highest BCUT2D eigenvalue weighted by Gasteiger charge is 2.15. The fourth-order valence-electron chi connectivity index (χ4n) is 3.13. The van der Waals surface area contributed by atoms with Crippen molar-refractivity contribution in [1.82, 2.24) is 24.7 Å². The number of benzene rings is 1. The minimum atomic E-state index is -0.495. The number of fused-ring (bicyclic) bond motifs is 1. The van der Waals surface area contributed by atoms with Crippen LogP contribution in [-0.2, 0) is 6.42 Å². The highest BCUT2D eigenvalue weighted by molar-refractivity contribution is 5.80. The lowest BCUT2D eigenvalue weighted by molar-refractivity contribution is 0.524. The molecule has 1 aromatic carbocycles. The molecule has 8 heteroatoms. The summed E-state index contributed by atoms with van der Waals surface area (Å²) in [4.78, 5) is 36.4. The van der Waals surface area contributed by atoms with Crippen molar-refractivity contribution in [1.29, 1.82) is 0 Å². The van der Waals surface area contributed by atoms with E-state index in [0.29, 0.717) is 30.0 Å². The van der Waals surface area contributed by atoms with Crippen molar-refractivity contribution < 1.29 is 0 Å². The molecule has 0 aliphatic heterocycles. The monoisotopic (exact) mass is 388 g/mol. The van der Waals surface area contributed by atoms with Gasteiger partial charge in [0.05, 0.1) is 23.3 Å². The largest absolute Gasteiger partial charge is 0.355 e. The number of hydrogen-bond donors (Lipinski definition) is 2. The summed E-state index contributed by atoms with van der Waals surface area (Å²) in [5.74, 6) is 0.351. The average Bonchev–Trinajstić information content (AvgIpc) is 2.74. The Labute approximate surface area is 166 Å². The molecule has 8 nitrogen and oxygen atoms in total. The number of aromatic nitrogens is 5. The molecular weight excluding hydrogens is 368 g/mol. The molecule has 146 valence electrons. The van der Waals surface area contributed by atoms with Crippen molar-refractivity contribution in [3.05, 3.63) is 93.0 Å². The fraction of sp³-hybridized carbons (Fsp3) is 0.190. The molecule has 0 saturated heterocycles. The van der Waals surface area contributed by atoms with Crippen LogP contribution < -0.4 is 16.4 Å². The van der Waals surface area contributed by atoms with Gasteiger partial charge in [-0.3, -0.25) is 19.6 Å². The summed E-state index contributed by atoms with van der Waals surface area (Å²) in [5.41, 5.74) is 0.885. The van der Waals surface area contributed by atoms with E-state index in [2.05, 4.69) is 25.4 Å². The molecule has 0 fully saturated rings. The Hall–Kier alpha value is -3.81. The van der Waals surface area contributed by atoms with E-state index in [1.807, 2.05) is 36.4 Å². The van der Waals surface area contributed by atoms with Crippen LogP contribution >= 0.6 is 0 Å². The zero-order chi connectivity index (χ0) is 20.2. The van der Waals surface area contributed by atoms with Crippen LogP contribution in [0.25, 0.3) is 10.8 Å². The quantitative estimate of drug-likeness (QED) is 0.524. The highest BCUT2D eigenvalue weighted by atomic mass is 16.1. The second kappa shape index (κ2) is 8.05. The summed E-state index contributed by atoms with van der Waals surface area (Å²) >= 11 is 0. The number of rotatable bonds is 6. The van der Waals surface area contributed by atoms with E-state index in [1.54, 1.807) is 25.4 Å². The first-order valence-corrected chi connectivity index (χ1v) is 9.33. The van der Waals surface area contributed by atoms with Crippen molar-refractivity contribution in [2.75, 3.05) is 11.9 Å². The molecule has 0 bridgehead atoms. The van der Waals surface area contributed by atoms with Gasteiger partial charge in [0.2, 0.25) is 5.95 Å². The first-order valence-electron chi connectivity index (χ1n) is 9.33. The number of H-pyrrole nitrogens is 1. The van der Waals surface area contributed by atoms with Gasteiger partial charge in [-0.15, -0.1) is 0 Å². The van der Waals surface area contributed by atoms with Crippen molar-refractivity contribution in [3.63, 3.8) is 0 Å². The normalized spacial score (nSPS) is 12.0. The number of nitrogens with one attached hydrogen (secondary N) is 2. The van der Waals surface area contributed by atoms with Crippen molar-refractivity contribution in [2.45, 2.75) is 19.4 Å². The topological polar surface area (TPSA) is 106 Å². The second-order valence-corrected chi connectivity index (χ2v) is 6.67. The maximum Gasteiger partial charge on any atom is 0.275 e. The van der Waals surface area contributed by atoms with Crippen LogP contribution in [0.2, 0.25) is 0 Å². The van der Waals surface area contributed by atoms with E-state index in [9.17, 15) is 9.59 Å². The third-order valence-corrected chi connectivity index (χ3v) is 4.68. The van der Waals surface area contributed by atoms with Crippen molar-refractivity contribution >= 4 is 16.7 Å². The van der Waals surface area contributed by atoms with E-state index in [1.165, 1.54) is 10.7 Å². The molecule has 1 atom stereocenters. The van der Waals surface area contributed by atoms with E-state index >= 15 is 0 Å². The Morgan fingerprint density at radius 1 is 1.14 bits per heavy atom. The smallest absolute Gasteiger partial charge is 0.275 e. The van der Waals surface area contributed by atoms with Crippen LogP contribution in [0.1, 0.15) is 24.4 Å². The molecule has 0 aliphatic carbocycles. The molecule has 0 radical (unpaired) electrons. The molecule has 4 rings (SSSR count). The van der Waals surface area contributed by atoms with Crippen molar-refractivity contribution in [2.24, 2.45) is 0 Å². The Morgan fingerprint density at radius 2 is 1.97 bits per heavy atom. The molecule has 29 heavy (non-hydrogen) atoms. The van der Waals surface area contributed by atoms with Gasteiger partial charge in [0.15, 0.2) is 0 Å². The molecule has 0 spiro atoms. The maximum absolute atomic E-state index is 12.8. The molecule has 2 N–H and O–H groups in total. The van der Waals surface area contributed by atoms with Gasteiger partial charge >= 0.3 is 0 Å². The number of hydrogen-bond acceptors (Lipinski definition) is 6. The number of anilines is 1. The van der Waals surface area contributed by atoms with Crippen LogP contribution in [0, 0.1) is 0 Å². The van der Waals surface area contributed by atoms with E-state index < -0.39 is 6.04 Å². The second-order valence-electron chi connectivity index (χ2n) is 6.67. The summed E-state index contributed by atoms with van der Waals surface area (Å²) in [6.07, 6.45) is 4.08. The van der Waals surface area contributed by atoms with Crippen LogP contribution in [0.15, 0.2) is 70.5 Å². The summed E-state index contributed by atoms with van der Waals surface area (Å²) in [6, 6.07) is 13.9. The van der Waals surface area contributed by atoms with E-state index in [4.69, 9.17) is 0 Å². The average molecular weight is 388 g/mol. The standard InChI is InChI=1S/C21H20N6O2/c1-14(27-20(29)17-8-3-2-6-15(17)13-24-27)18-12-19(28)26-21(25-18)23-11-9-16-7-4-5-10-22-16/h2-8,10,12-14H,9,11H2,1H3,(H2,23,25,26,28)/t14-/m1/s1. The van der Waals surface area contributed by atoms with Crippen LogP contribution in [0.3, 0.4) is 0 Å². The summed E-state index contributed by atoms with van der Waals surface area (Å²) < 4.78 is 1.35. The van der Waals surface area contributed by atoms with Gasteiger partial charge in [-0.2, -0.15) is 5.10 Å². The van der Waals surface area contributed by atoms with Gasteiger partial charge in [0.25, 0.3) is 11.1 Å². The Morgan fingerprint density at radius 3 is 2.79 bits per heavy atom. The lowest BCUT2D eigenvalue weighted by atomic mass is 10.2. The Kier molecular flexibility index (Phi) is 5.15. The first-order chi connectivity index (χ1) is 14.1. The zero-order valence-electron chi connectivity index (χ0n) is 15.9. The third-order valence-electron chi connectivity index (χ3n) is 4.68. The Bertz CT molecular complexity index is 1250. The molecule has 0 unspecified atom stereocenters. The van der Waals surface area contributed by atoms with Gasteiger partial charge in [0, 0.05) is 36.3 Å². The molecular formula is C21H20N6O2. The number of pyridine rings is 1. The summed E-state index contributed by atoms with van der Waals surface area (Å²) in [6.45, 7) is 2.36. The molecule has 0 amide bonds. The molecule has 0 saturated carbocycles. The van der Waals surface area contributed by atoms with Crippen molar-refractivity contribution in [3.8, 4) is 0 Å². The minimum absolute atomic E-state index is 0.220. The highest BCUT2D eigenvalue weighted by Crippen LogP contribution is 2.14. The van der Waals surface area contributed by atoms with Gasteiger partial charge in [-0.05, 0) is 25.1 Å². The van der Waals surface area contributed by atoms with Crippen LogP contribution in [0.4, 0.5) is 5.95 Å². The predicted molar refractivity (Wildman–Crippen MR) is 111 cm³/mol. The Balaban J connectivity index is 1.58. The van der Waals surface area contributed by atoms with Gasteiger partial charge < -0.3 is 5.32 Å². The number of aromatic amines is 1. The van der Waals surface area contributed by atoms with E-state index in [0.717, 1.165) is 11.1 Å². The first kappa shape index (κ1) is 18.5. The third kappa shape index (κ3) is 4.06. The molecule has 0 aliphatic rings. The van der Waals surface area contributed by atoms with Crippen LogP contribution in [-0.4, -0.2) is 31.3 Å². The fourth-order valence-corrected chi connectivity index (χ4v) is 3.13. The predicted octanol–water partition coefficient (Wildman–Crippen LogP) is 2.14. The lowest BCUT2D eigenvalue weighted by Gasteiger charge is -2.15. The van der Waals surface area contributed by atoms with Gasteiger partial charge in [-0.25, -0.2) is 9.67 Å². The van der Waals surface area contributed by atoms with E-state index in [-0.39, 0.29) is 11.1 Å². The van der Waals surface area contributed by atoms with Crippen LogP contribution in [0.5, 0.6) is 0 Å². The van der Waals surface area contributed by atoms with Gasteiger partial charge in [-0.1, -0.05) is 24.3 Å².